The highest BCUT2D eigenvalue weighted by molar-refractivity contribution is 7.89. The molecule has 1 N–H and O–H groups in total. The molecule has 1 fully saturated rings. The molecule has 24 heavy (non-hydrogen) atoms. The molecule has 1 aromatic carbocycles. The molecule has 0 aromatic heterocycles. The average Bonchev–Trinajstić information content (AvgIpc) is 3.10. The number of benzene rings is 1. The number of nitrogens with one attached hydrogen (secondary N) is 1. The zero-order valence-electron chi connectivity index (χ0n) is 14.3. The molecular formula is C17H26N2O4S. The third-order valence-corrected chi connectivity index (χ3v) is 5.75. The van der Waals surface area contributed by atoms with Crippen molar-refractivity contribution < 1.29 is 17.9 Å². The number of carbonyl (C=O) groups is 1. The molecule has 1 aliphatic heterocycles. The monoisotopic (exact) mass is 354 g/mol. The number of likely N-dealkylation sites (tertiary alicyclic amines) is 1. The Morgan fingerprint density at radius 2 is 1.83 bits per heavy atom. The van der Waals surface area contributed by atoms with Gasteiger partial charge in [0, 0.05) is 12.6 Å². The molecule has 134 valence electrons. The van der Waals surface area contributed by atoms with Crippen molar-refractivity contribution in [2.24, 2.45) is 0 Å². The summed E-state index contributed by atoms with van der Waals surface area (Å²) >= 11 is 0. The lowest BCUT2D eigenvalue weighted by molar-refractivity contribution is 0.0526. The van der Waals surface area contributed by atoms with Crippen LogP contribution in [0, 0.1) is 0 Å². The molecule has 0 spiro atoms. The summed E-state index contributed by atoms with van der Waals surface area (Å²) in [4.78, 5) is 14.1. The van der Waals surface area contributed by atoms with E-state index < -0.39 is 16.0 Å². The lowest BCUT2D eigenvalue weighted by atomic mass is 10.2. The molecule has 1 atom stereocenters. The molecule has 1 saturated heterocycles. The van der Waals surface area contributed by atoms with Gasteiger partial charge in [0.15, 0.2) is 0 Å². The van der Waals surface area contributed by atoms with E-state index in [4.69, 9.17) is 4.74 Å². The van der Waals surface area contributed by atoms with Crippen molar-refractivity contribution in [2.45, 2.75) is 44.0 Å². The zero-order valence-corrected chi connectivity index (χ0v) is 15.1. The lowest BCUT2D eigenvalue weighted by Gasteiger charge is -2.26. The first-order valence-electron chi connectivity index (χ1n) is 8.48. The minimum atomic E-state index is -3.58. The third-order valence-electron chi connectivity index (χ3n) is 4.31. The molecule has 0 bridgehead atoms. The van der Waals surface area contributed by atoms with E-state index in [1.807, 2.05) is 0 Å². The van der Waals surface area contributed by atoms with Crippen molar-refractivity contribution in [3.63, 3.8) is 0 Å². The summed E-state index contributed by atoms with van der Waals surface area (Å²) in [5.41, 5.74) is 0.347. The largest absolute Gasteiger partial charge is 0.462 e. The van der Waals surface area contributed by atoms with Gasteiger partial charge in [-0.3, -0.25) is 4.90 Å². The molecule has 0 unspecified atom stereocenters. The maximum absolute atomic E-state index is 12.4. The molecule has 0 amide bonds. The van der Waals surface area contributed by atoms with E-state index in [1.54, 1.807) is 6.92 Å². The second-order valence-electron chi connectivity index (χ2n) is 5.90. The van der Waals surface area contributed by atoms with Crippen LogP contribution < -0.4 is 4.72 Å². The number of hydrogen-bond donors (Lipinski definition) is 1. The Labute approximate surface area is 144 Å². The fraction of sp³-hybridized carbons (Fsp3) is 0.588. The van der Waals surface area contributed by atoms with E-state index in [1.165, 1.54) is 37.1 Å². The van der Waals surface area contributed by atoms with Crippen LogP contribution in [-0.4, -0.2) is 51.6 Å². The third kappa shape index (κ3) is 4.78. The molecule has 1 aliphatic rings. The van der Waals surface area contributed by atoms with Gasteiger partial charge in [-0.2, -0.15) is 0 Å². The Hall–Kier alpha value is -1.44. The van der Waals surface area contributed by atoms with Gasteiger partial charge in [-0.15, -0.1) is 0 Å². The number of hydrogen-bond acceptors (Lipinski definition) is 5. The Bertz CT molecular complexity index is 637. The number of sulfonamides is 1. The summed E-state index contributed by atoms with van der Waals surface area (Å²) in [7, 11) is -3.58. The van der Waals surface area contributed by atoms with Gasteiger partial charge in [-0.25, -0.2) is 17.9 Å². The fourth-order valence-corrected chi connectivity index (χ4v) is 3.99. The predicted octanol–water partition coefficient (Wildman–Crippen LogP) is 2.02. The van der Waals surface area contributed by atoms with E-state index in [9.17, 15) is 13.2 Å². The summed E-state index contributed by atoms with van der Waals surface area (Å²) in [6.07, 6.45) is 3.27. The molecule has 0 saturated carbocycles. The highest BCUT2D eigenvalue weighted by atomic mass is 32.2. The van der Waals surface area contributed by atoms with Gasteiger partial charge < -0.3 is 4.74 Å². The van der Waals surface area contributed by atoms with Gasteiger partial charge in [0.1, 0.15) is 0 Å². The molecule has 2 rings (SSSR count). The lowest BCUT2D eigenvalue weighted by Crippen LogP contribution is -2.42. The van der Waals surface area contributed by atoms with Crippen LogP contribution in [0.4, 0.5) is 0 Å². The van der Waals surface area contributed by atoms with Gasteiger partial charge in [-0.1, -0.05) is 6.92 Å². The van der Waals surface area contributed by atoms with Crippen LogP contribution in [0.25, 0.3) is 0 Å². The highest BCUT2D eigenvalue weighted by Gasteiger charge is 2.23. The molecule has 1 aromatic rings. The molecular weight excluding hydrogens is 328 g/mol. The van der Waals surface area contributed by atoms with E-state index in [0.717, 1.165) is 19.5 Å². The van der Waals surface area contributed by atoms with Gasteiger partial charge in [0.05, 0.1) is 17.1 Å². The minimum absolute atomic E-state index is 0.159. The molecule has 6 nitrogen and oxygen atoms in total. The predicted molar refractivity (Wildman–Crippen MR) is 92.5 cm³/mol. The number of esters is 1. The van der Waals surface area contributed by atoms with Crippen LogP contribution in [0.3, 0.4) is 0 Å². The SMILES string of the molecule is CCOC(=O)c1ccc(S(=O)(=O)NC[C@@H](CC)N2CCCC2)cc1. The number of ether oxygens (including phenoxy) is 1. The first-order chi connectivity index (χ1) is 11.5. The van der Waals surface area contributed by atoms with Crippen LogP contribution in [0.15, 0.2) is 29.2 Å². The Morgan fingerprint density at radius 3 is 2.38 bits per heavy atom. The maximum atomic E-state index is 12.4. The number of rotatable bonds is 8. The van der Waals surface area contributed by atoms with Gasteiger partial charge in [-0.05, 0) is 63.5 Å². The van der Waals surface area contributed by atoms with Crippen LogP contribution in [0.5, 0.6) is 0 Å². The topological polar surface area (TPSA) is 75.7 Å². The normalized spacial score (nSPS) is 16.9. The van der Waals surface area contributed by atoms with Crippen LogP contribution in [0.1, 0.15) is 43.5 Å². The first-order valence-corrected chi connectivity index (χ1v) is 9.97. The van der Waals surface area contributed by atoms with Crippen molar-refractivity contribution in [2.75, 3.05) is 26.2 Å². The zero-order chi connectivity index (χ0) is 17.6. The van der Waals surface area contributed by atoms with Crippen LogP contribution in [-0.2, 0) is 14.8 Å². The van der Waals surface area contributed by atoms with E-state index >= 15 is 0 Å². The Balaban J connectivity index is 2.00. The summed E-state index contributed by atoms with van der Waals surface area (Å²) < 4.78 is 32.4. The summed E-state index contributed by atoms with van der Waals surface area (Å²) in [6, 6.07) is 6.05. The van der Waals surface area contributed by atoms with Crippen LogP contribution in [0.2, 0.25) is 0 Å². The Morgan fingerprint density at radius 1 is 1.21 bits per heavy atom. The minimum Gasteiger partial charge on any atom is -0.462 e. The van der Waals surface area contributed by atoms with Crippen molar-refractivity contribution >= 4 is 16.0 Å². The maximum Gasteiger partial charge on any atom is 0.338 e. The highest BCUT2D eigenvalue weighted by Crippen LogP contribution is 2.15. The second kappa shape index (κ2) is 8.60. The summed E-state index contributed by atoms with van der Waals surface area (Å²) in [5, 5.41) is 0. The molecule has 1 heterocycles. The molecule has 7 heteroatoms. The molecule has 0 aliphatic carbocycles. The number of carbonyl (C=O) groups excluding carboxylic acids is 1. The van der Waals surface area contributed by atoms with Crippen molar-refractivity contribution in [1.29, 1.82) is 0 Å². The number of nitrogens with zero attached hydrogens (tertiary/aromatic N) is 1. The van der Waals surface area contributed by atoms with Gasteiger partial charge >= 0.3 is 5.97 Å². The van der Waals surface area contributed by atoms with Gasteiger partial charge in [0.25, 0.3) is 0 Å². The second-order valence-corrected chi connectivity index (χ2v) is 7.67. The standard InChI is InChI=1S/C17H26N2O4S/c1-3-15(19-11-5-6-12-19)13-18-24(21,22)16-9-7-14(8-10-16)17(20)23-4-2/h7-10,15,18H,3-6,11-13H2,1-2H3/t15-/m1/s1. The van der Waals surface area contributed by atoms with Crippen molar-refractivity contribution in [3.05, 3.63) is 29.8 Å². The van der Waals surface area contributed by atoms with E-state index in [0.29, 0.717) is 12.1 Å². The van der Waals surface area contributed by atoms with E-state index in [-0.39, 0.29) is 17.5 Å². The van der Waals surface area contributed by atoms with Crippen molar-refractivity contribution in [1.82, 2.24) is 9.62 Å². The summed E-state index contributed by atoms with van der Waals surface area (Å²) in [5.74, 6) is -0.450. The van der Waals surface area contributed by atoms with Crippen LogP contribution >= 0.6 is 0 Å². The average molecular weight is 354 g/mol. The smallest absolute Gasteiger partial charge is 0.338 e. The first kappa shape index (κ1) is 18.9. The van der Waals surface area contributed by atoms with Crippen molar-refractivity contribution in [3.8, 4) is 0 Å². The quantitative estimate of drug-likeness (QED) is 0.723. The Kier molecular flexibility index (Phi) is 6.77. The molecule has 0 radical (unpaired) electrons. The summed E-state index contributed by atoms with van der Waals surface area (Å²) in [6.45, 7) is 6.56. The van der Waals surface area contributed by atoms with Gasteiger partial charge in [0.2, 0.25) is 10.0 Å². The fourth-order valence-electron chi connectivity index (χ4n) is 2.91. The van der Waals surface area contributed by atoms with E-state index in [2.05, 4.69) is 16.5 Å².